The maximum Gasteiger partial charge on any atom is 0.490 e. The highest BCUT2D eigenvalue weighted by Gasteiger charge is 2.38. The van der Waals surface area contributed by atoms with Gasteiger partial charge in [0.1, 0.15) is 0 Å². The number of hydrogen-bond donors (Lipinski definition) is 3. The molecule has 2 aromatic rings. The molecule has 4 rings (SSSR count). The number of carboxylic acids is 2. The van der Waals surface area contributed by atoms with Gasteiger partial charge in [-0.3, -0.25) is 9.62 Å². The molecule has 13 heteroatoms. The Bertz CT molecular complexity index is 1320. The molecule has 0 aromatic heterocycles. The summed E-state index contributed by atoms with van der Waals surface area (Å²) in [4.78, 5) is 25.7. The summed E-state index contributed by atoms with van der Waals surface area (Å²) in [6.45, 7) is 7.37. The van der Waals surface area contributed by atoms with Crippen molar-refractivity contribution in [3.8, 4) is 0 Å². The number of aryl methyl sites for hydroxylation is 2. The second-order valence-electron chi connectivity index (χ2n) is 10.0. The fourth-order valence-corrected chi connectivity index (χ4v) is 6.04. The van der Waals surface area contributed by atoms with Crippen molar-refractivity contribution in [1.29, 1.82) is 0 Å². The summed E-state index contributed by atoms with van der Waals surface area (Å²) in [5, 5.41) is 16.9. The first kappa shape index (κ1) is 31.2. The Morgan fingerprint density at radius 1 is 0.900 bits per heavy atom. The van der Waals surface area contributed by atoms with Gasteiger partial charge in [-0.05, 0) is 68.1 Å². The summed E-state index contributed by atoms with van der Waals surface area (Å²) >= 11 is 0. The van der Waals surface area contributed by atoms with Crippen molar-refractivity contribution in [3.05, 3.63) is 53.1 Å². The van der Waals surface area contributed by atoms with Gasteiger partial charge in [0.15, 0.2) is 0 Å². The van der Waals surface area contributed by atoms with Crippen LogP contribution in [0.1, 0.15) is 53.6 Å². The summed E-state index contributed by atoms with van der Waals surface area (Å²) in [5.74, 6) is -3.91. The number of hydrogen-bond acceptors (Lipinski definition) is 6. The first-order chi connectivity index (χ1) is 18.7. The van der Waals surface area contributed by atoms with Gasteiger partial charge in [0.25, 0.3) is 10.0 Å². The lowest BCUT2D eigenvalue weighted by Crippen LogP contribution is -2.50. The maximum atomic E-state index is 12.9. The van der Waals surface area contributed by atoms with Crippen LogP contribution in [0.2, 0.25) is 0 Å². The smallest absolute Gasteiger partial charge is 0.478 e. The molecule has 2 aromatic carbocycles. The zero-order chi connectivity index (χ0) is 29.7. The van der Waals surface area contributed by atoms with Crippen molar-refractivity contribution in [2.45, 2.75) is 63.1 Å². The number of alkyl halides is 3. The van der Waals surface area contributed by atoms with Crippen LogP contribution in [0.15, 0.2) is 41.3 Å². The van der Waals surface area contributed by atoms with Gasteiger partial charge in [-0.2, -0.15) is 13.2 Å². The average Bonchev–Trinajstić information content (AvgIpc) is 2.90. The van der Waals surface area contributed by atoms with E-state index < -0.39 is 28.1 Å². The Balaban J connectivity index is 0.000000559. The third-order valence-corrected chi connectivity index (χ3v) is 8.64. The van der Waals surface area contributed by atoms with Gasteiger partial charge < -0.3 is 15.1 Å². The minimum Gasteiger partial charge on any atom is -0.478 e. The Hall–Kier alpha value is -3.32. The zero-order valence-corrected chi connectivity index (χ0v) is 23.2. The van der Waals surface area contributed by atoms with E-state index in [1.54, 1.807) is 30.3 Å². The summed E-state index contributed by atoms with van der Waals surface area (Å²) in [6.07, 6.45) is 1.43. The SMILES string of the molecule is Cc1ccc(S(=O)(=O)Nc2ccc(N3CCN(C4CCCCC4)CC3)cc2C(=O)O)cc1C.O=C(O)C(F)(F)F. The van der Waals surface area contributed by atoms with Gasteiger partial charge in [-0.25, -0.2) is 18.0 Å². The highest BCUT2D eigenvalue weighted by atomic mass is 32.2. The van der Waals surface area contributed by atoms with Gasteiger partial charge in [0, 0.05) is 37.9 Å². The molecule has 220 valence electrons. The molecule has 0 unspecified atom stereocenters. The molecule has 1 saturated carbocycles. The normalized spacial score (nSPS) is 17.1. The second kappa shape index (κ2) is 12.9. The van der Waals surface area contributed by atoms with Gasteiger partial charge in [-0.1, -0.05) is 25.3 Å². The zero-order valence-electron chi connectivity index (χ0n) is 22.4. The molecule has 1 aliphatic heterocycles. The van der Waals surface area contributed by atoms with Gasteiger partial charge >= 0.3 is 18.1 Å². The summed E-state index contributed by atoms with van der Waals surface area (Å²) < 4.78 is 60.0. The van der Waals surface area contributed by atoms with Crippen LogP contribution in [0.4, 0.5) is 24.5 Å². The van der Waals surface area contributed by atoms with E-state index in [9.17, 15) is 31.5 Å². The van der Waals surface area contributed by atoms with Crippen molar-refractivity contribution in [2.24, 2.45) is 0 Å². The van der Waals surface area contributed by atoms with Crippen LogP contribution in [0, 0.1) is 13.8 Å². The largest absolute Gasteiger partial charge is 0.490 e. The highest BCUT2D eigenvalue weighted by molar-refractivity contribution is 7.92. The van der Waals surface area contributed by atoms with E-state index in [-0.39, 0.29) is 16.1 Å². The standard InChI is InChI=1S/C25H33N3O4S.C2HF3O2/c1-18-8-10-22(16-19(18)2)33(31,32)26-24-11-9-21(17-23(24)25(29)30)28-14-12-27(13-15-28)20-6-4-3-5-7-20;3-2(4,5)1(6)7/h8-11,16-17,20,26H,3-7,12-15H2,1-2H3,(H,29,30);(H,6,7). The predicted molar refractivity (Wildman–Crippen MR) is 144 cm³/mol. The molecule has 0 spiro atoms. The molecular formula is C27H34F3N3O6S. The van der Waals surface area contributed by atoms with E-state index in [0.29, 0.717) is 6.04 Å². The van der Waals surface area contributed by atoms with E-state index >= 15 is 0 Å². The number of benzene rings is 2. The number of halogens is 3. The Morgan fingerprint density at radius 3 is 2.02 bits per heavy atom. The molecule has 0 bridgehead atoms. The lowest BCUT2D eigenvalue weighted by atomic mass is 9.94. The van der Waals surface area contributed by atoms with Crippen molar-refractivity contribution >= 4 is 33.3 Å². The number of sulfonamides is 1. The minimum atomic E-state index is -5.08. The molecular weight excluding hydrogens is 551 g/mol. The fourth-order valence-electron chi connectivity index (χ4n) is 4.87. The Labute approximate surface area is 231 Å². The van der Waals surface area contributed by atoms with Crippen LogP contribution in [0.5, 0.6) is 0 Å². The third kappa shape index (κ3) is 8.10. The molecule has 9 nitrogen and oxygen atoms in total. The number of piperazine rings is 1. The molecule has 1 aliphatic carbocycles. The van der Waals surface area contributed by atoms with Crippen molar-refractivity contribution in [1.82, 2.24) is 4.90 Å². The van der Waals surface area contributed by atoms with Crippen molar-refractivity contribution in [2.75, 3.05) is 35.8 Å². The van der Waals surface area contributed by atoms with Crippen LogP contribution in [0.25, 0.3) is 0 Å². The number of nitrogens with one attached hydrogen (secondary N) is 1. The van der Waals surface area contributed by atoms with Crippen LogP contribution in [-0.2, 0) is 14.8 Å². The van der Waals surface area contributed by atoms with E-state index in [2.05, 4.69) is 14.5 Å². The quantitative estimate of drug-likeness (QED) is 0.438. The monoisotopic (exact) mass is 585 g/mol. The summed E-state index contributed by atoms with van der Waals surface area (Å²) in [5.41, 5.74) is 2.69. The Kier molecular flexibility index (Phi) is 10.1. The van der Waals surface area contributed by atoms with E-state index in [4.69, 9.17) is 9.90 Å². The van der Waals surface area contributed by atoms with Crippen molar-refractivity contribution < 1.29 is 41.4 Å². The first-order valence-corrected chi connectivity index (χ1v) is 14.4. The molecule has 0 amide bonds. The maximum absolute atomic E-state index is 12.9. The summed E-state index contributed by atoms with van der Waals surface area (Å²) in [7, 11) is -3.90. The molecule has 1 heterocycles. The molecule has 3 N–H and O–H groups in total. The average molecular weight is 586 g/mol. The number of carbonyl (C=O) groups is 2. The van der Waals surface area contributed by atoms with Gasteiger partial charge in [-0.15, -0.1) is 0 Å². The molecule has 40 heavy (non-hydrogen) atoms. The van der Waals surface area contributed by atoms with Crippen LogP contribution < -0.4 is 9.62 Å². The fraction of sp³-hybridized carbons (Fsp3) is 0.481. The summed E-state index contributed by atoms with van der Waals surface area (Å²) in [6, 6.07) is 10.5. The lowest BCUT2D eigenvalue weighted by molar-refractivity contribution is -0.192. The molecule has 0 atom stereocenters. The molecule has 1 saturated heterocycles. The third-order valence-electron chi connectivity index (χ3n) is 7.28. The number of aromatic carboxylic acids is 1. The number of nitrogens with zero attached hydrogens (tertiary/aromatic N) is 2. The number of rotatable bonds is 6. The van der Waals surface area contributed by atoms with Crippen LogP contribution in [-0.4, -0.2) is 73.9 Å². The minimum absolute atomic E-state index is 0.0466. The van der Waals surface area contributed by atoms with Crippen molar-refractivity contribution in [3.63, 3.8) is 0 Å². The first-order valence-electron chi connectivity index (χ1n) is 13.0. The van der Waals surface area contributed by atoms with E-state index in [1.807, 2.05) is 13.8 Å². The number of aliphatic carboxylic acids is 1. The van der Waals surface area contributed by atoms with Crippen LogP contribution >= 0.6 is 0 Å². The predicted octanol–water partition coefficient (Wildman–Crippen LogP) is 4.89. The number of carboxylic acid groups (broad SMARTS) is 2. The topological polar surface area (TPSA) is 127 Å². The lowest BCUT2D eigenvalue weighted by Gasteiger charge is -2.41. The van der Waals surface area contributed by atoms with E-state index in [0.717, 1.165) is 43.0 Å². The molecule has 0 radical (unpaired) electrons. The molecule has 2 aliphatic rings. The van der Waals surface area contributed by atoms with E-state index in [1.165, 1.54) is 38.2 Å². The highest BCUT2D eigenvalue weighted by Crippen LogP contribution is 2.29. The Morgan fingerprint density at radius 2 is 1.50 bits per heavy atom. The van der Waals surface area contributed by atoms with Crippen LogP contribution in [0.3, 0.4) is 0 Å². The molecule has 2 fully saturated rings. The van der Waals surface area contributed by atoms with Gasteiger partial charge in [0.05, 0.1) is 16.1 Å². The number of anilines is 2. The second-order valence-corrected chi connectivity index (χ2v) is 11.7. The van der Waals surface area contributed by atoms with Gasteiger partial charge in [0.2, 0.25) is 0 Å².